The summed E-state index contributed by atoms with van der Waals surface area (Å²) in [7, 11) is -1.33. The Morgan fingerprint density at radius 2 is 2.12 bits per heavy atom. The Labute approximate surface area is 102 Å². The monoisotopic (exact) mass is 258 g/mol. The van der Waals surface area contributed by atoms with Crippen LogP contribution in [-0.4, -0.2) is 34.1 Å². The lowest BCUT2D eigenvalue weighted by Gasteiger charge is -2.09. The zero-order valence-corrected chi connectivity index (χ0v) is 10.9. The third-order valence-electron chi connectivity index (χ3n) is 2.25. The molecule has 6 heteroatoms. The van der Waals surface area contributed by atoms with Crippen LogP contribution in [0.3, 0.4) is 0 Å². The van der Waals surface area contributed by atoms with Gasteiger partial charge in [0.2, 0.25) is 0 Å². The highest BCUT2D eigenvalue weighted by Crippen LogP contribution is 2.24. The fraction of sp³-hybridized carbons (Fsp3) is 0.455. The predicted octanol–water partition coefficient (Wildman–Crippen LogP) is 1.12. The molecule has 1 rings (SSSR count). The molecule has 0 saturated heterocycles. The van der Waals surface area contributed by atoms with Crippen LogP contribution in [0.5, 0.6) is 5.75 Å². The van der Waals surface area contributed by atoms with E-state index in [-0.39, 0.29) is 5.75 Å². The van der Waals surface area contributed by atoms with Crippen molar-refractivity contribution in [3.63, 3.8) is 0 Å². The number of nitrogens with one attached hydrogen (secondary N) is 1. The van der Waals surface area contributed by atoms with Crippen LogP contribution >= 0.6 is 0 Å². The SMILES string of the molecule is COc1cc(NCCCS(C)(=O)=O)ccc1N. The summed E-state index contributed by atoms with van der Waals surface area (Å²) < 4.78 is 26.9. The Balaban J connectivity index is 2.47. The molecule has 0 amide bonds. The van der Waals surface area contributed by atoms with Crippen molar-refractivity contribution in [2.45, 2.75) is 6.42 Å². The molecular formula is C11H18N2O3S. The highest BCUT2D eigenvalue weighted by Gasteiger charge is 2.03. The molecule has 1 aromatic carbocycles. The summed E-state index contributed by atoms with van der Waals surface area (Å²) in [5, 5.41) is 3.12. The molecule has 17 heavy (non-hydrogen) atoms. The molecular weight excluding hydrogens is 240 g/mol. The third kappa shape index (κ3) is 4.95. The summed E-state index contributed by atoms with van der Waals surface area (Å²) in [6, 6.07) is 5.37. The normalized spacial score (nSPS) is 11.2. The first-order chi connectivity index (χ1) is 7.92. The fourth-order valence-corrected chi connectivity index (χ4v) is 2.06. The highest BCUT2D eigenvalue weighted by atomic mass is 32.2. The van der Waals surface area contributed by atoms with E-state index in [1.165, 1.54) is 6.26 Å². The first kappa shape index (κ1) is 13.6. The lowest BCUT2D eigenvalue weighted by atomic mass is 10.2. The number of nitrogens with two attached hydrogens (primary N) is 1. The van der Waals surface area contributed by atoms with E-state index in [1.807, 2.05) is 6.07 Å². The van der Waals surface area contributed by atoms with Crippen LogP contribution in [-0.2, 0) is 9.84 Å². The minimum absolute atomic E-state index is 0.187. The van der Waals surface area contributed by atoms with Gasteiger partial charge < -0.3 is 15.8 Å². The van der Waals surface area contributed by atoms with Gasteiger partial charge in [-0.15, -0.1) is 0 Å². The number of hydrogen-bond acceptors (Lipinski definition) is 5. The Kier molecular flexibility index (Phi) is 4.62. The molecule has 0 bridgehead atoms. The summed E-state index contributed by atoms with van der Waals surface area (Å²) in [6.07, 6.45) is 1.81. The number of hydrogen-bond donors (Lipinski definition) is 2. The molecule has 0 heterocycles. The predicted molar refractivity (Wildman–Crippen MR) is 70.2 cm³/mol. The van der Waals surface area contributed by atoms with E-state index in [2.05, 4.69) is 5.32 Å². The summed E-state index contributed by atoms with van der Waals surface area (Å²) in [5.74, 6) is 0.796. The quantitative estimate of drug-likeness (QED) is 0.590. The summed E-state index contributed by atoms with van der Waals surface area (Å²) >= 11 is 0. The van der Waals surface area contributed by atoms with Crippen LogP contribution in [0.2, 0.25) is 0 Å². The van der Waals surface area contributed by atoms with Gasteiger partial charge in [0.1, 0.15) is 15.6 Å². The minimum Gasteiger partial charge on any atom is -0.495 e. The van der Waals surface area contributed by atoms with Crippen molar-refractivity contribution in [2.75, 3.05) is 36.7 Å². The maximum Gasteiger partial charge on any atom is 0.147 e. The number of rotatable bonds is 6. The van der Waals surface area contributed by atoms with Crippen molar-refractivity contribution in [1.29, 1.82) is 0 Å². The molecule has 1 aromatic rings. The number of sulfone groups is 1. The second-order valence-corrected chi connectivity index (χ2v) is 6.13. The van der Waals surface area contributed by atoms with E-state index in [9.17, 15) is 8.42 Å². The van der Waals surface area contributed by atoms with Crippen molar-refractivity contribution in [1.82, 2.24) is 0 Å². The standard InChI is InChI=1S/C11H18N2O3S/c1-16-11-8-9(4-5-10(11)12)13-6-3-7-17(2,14)15/h4-5,8,13H,3,6-7,12H2,1-2H3. The molecule has 0 radical (unpaired) electrons. The fourth-order valence-electron chi connectivity index (χ4n) is 1.39. The number of nitrogen functional groups attached to an aromatic ring is 1. The summed E-state index contributed by atoms with van der Waals surface area (Å²) in [6.45, 7) is 0.597. The molecule has 0 aliphatic carbocycles. The van der Waals surface area contributed by atoms with Crippen molar-refractivity contribution < 1.29 is 13.2 Å². The molecule has 0 aromatic heterocycles. The van der Waals surface area contributed by atoms with Crippen molar-refractivity contribution in [3.05, 3.63) is 18.2 Å². The van der Waals surface area contributed by atoms with E-state index < -0.39 is 9.84 Å². The second-order valence-electron chi connectivity index (χ2n) is 3.87. The first-order valence-corrected chi connectivity index (χ1v) is 7.33. The largest absolute Gasteiger partial charge is 0.495 e. The average molecular weight is 258 g/mol. The molecule has 3 N–H and O–H groups in total. The van der Waals surface area contributed by atoms with Crippen molar-refractivity contribution >= 4 is 21.2 Å². The van der Waals surface area contributed by atoms with Gasteiger partial charge in [-0.25, -0.2) is 8.42 Å². The summed E-state index contributed by atoms with van der Waals surface area (Å²) in [4.78, 5) is 0. The number of methoxy groups -OCH3 is 1. The van der Waals surface area contributed by atoms with Crippen molar-refractivity contribution in [2.24, 2.45) is 0 Å². The van der Waals surface area contributed by atoms with E-state index >= 15 is 0 Å². The molecule has 0 atom stereocenters. The van der Waals surface area contributed by atoms with Crippen molar-refractivity contribution in [3.8, 4) is 5.75 Å². The second kappa shape index (κ2) is 5.77. The Morgan fingerprint density at radius 1 is 1.41 bits per heavy atom. The van der Waals surface area contributed by atoms with Gasteiger partial charge in [0.25, 0.3) is 0 Å². The number of ether oxygens (including phenoxy) is 1. The maximum absolute atomic E-state index is 10.9. The summed E-state index contributed by atoms with van der Waals surface area (Å²) in [5.41, 5.74) is 7.12. The molecule has 5 nitrogen and oxygen atoms in total. The third-order valence-corrected chi connectivity index (χ3v) is 3.28. The van der Waals surface area contributed by atoms with E-state index in [1.54, 1.807) is 19.2 Å². The van der Waals surface area contributed by atoms with E-state index in [4.69, 9.17) is 10.5 Å². The molecule has 0 unspecified atom stereocenters. The van der Waals surface area contributed by atoms with Gasteiger partial charge in [-0.1, -0.05) is 0 Å². The molecule has 0 saturated carbocycles. The van der Waals surface area contributed by atoms with Gasteiger partial charge in [-0.2, -0.15) is 0 Å². The smallest absolute Gasteiger partial charge is 0.147 e. The molecule has 0 aliphatic rings. The van der Waals surface area contributed by atoms with Gasteiger partial charge in [0, 0.05) is 24.6 Å². The van der Waals surface area contributed by atoms with Gasteiger partial charge in [0.15, 0.2) is 0 Å². The van der Waals surface area contributed by atoms with Crippen LogP contribution in [0.15, 0.2) is 18.2 Å². The minimum atomic E-state index is -2.88. The molecule has 0 aliphatic heterocycles. The van der Waals surface area contributed by atoms with Gasteiger partial charge in [-0.05, 0) is 18.6 Å². The van der Waals surface area contributed by atoms with E-state index in [0.717, 1.165) is 5.69 Å². The van der Waals surface area contributed by atoms with Crippen LogP contribution in [0.1, 0.15) is 6.42 Å². The lowest BCUT2D eigenvalue weighted by molar-refractivity contribution is 0.417. The molecule has 0 fully saturated rings. The molecule has 0 spiro atoms. The van der Waals surface area contributed by atoms with Crippen LogP contribution in [0.4, 0.5) is 11.4 Å². The van der Waals surface area contributed by atoms with Crippen LogP contribution < -0.4 is 15.8 Å². The Hall–Kier alpha value is -1.43. The van der Waals surface area contributed by atoms with Gasteiger partial charge >= 0.3 is 0 Å². The topological polar surface area (TPSA) is 81.4 Å². The zero-order valence-electron chi connectivity index (χ0n) is 10.1. The lowest BCUT2D eigenvalue weighted by Crippen LogP contribution is -2.09. The Morgan fingerprint density at radius 3 is 2.71 bits per heavy atom. The number of benzene rings is 1. The maximum atomic E-state index is 10.9. The highest BCUT2D eigenvalue weighted by molar-refractivity contribution is 7.90. The Bertz CT molecular complexity index is 472. The number of anilines is 2. The van der Waals surface area contributed by atoms with Crippen LogP contribution in [0.25, 0.3) is 0 Å². The van der Waals surface area contributed by atoms with Gasteiger partial charge in [-0.3, -0.25) is 0 Å². The first-order valence-electron chi connectivity index (χ1n) is 5.27. The molecule has 96 valence electrons. The zero-order chi connectivity index (χ0) is 12.9. The van der Waals surface area contributed by atoms with E-state index in [0.29, 0.717) is 24.4 Å². The van der Waals surface area contributed by atoms with Gasteiger partial charge in [0.05, 0.1) is 18.6 Å². The average Bonchev–Trinajstić information content (AvgIpc) is 2.25. The van der Waals surface area contributed by atoms with Crippen LogP contribution in [0, 0.1) is 0 Å².